The van der Waals surface area contributed by atoms with E-state index in [1.165, 1.54) is 29.1 Å². The van der Waals surface area contributed by atoms with Gasteiger partial charge in [0.2, 0.25) is 5.03 Å². The molecule has 0 atom stereocenters. The molecule has 1 aromatic heterocycles. The number of halogens is 2. The Kier molecular flexibility index (Phi) is 3.90. The minimum Gasteiger partial charge on any atom is -0.324 e. The summed E-state index contributed by atoms with van der Waals surface area (Å²) >= 11 is 11.6. The second-order valence-corrected chi connectivity index (χ2v) is 6.25. The van der Waals surface area contributed by atoms with Gasteiger partial charge in [0.15, 0.2) is 0 Å². The van der Waals surface area contributed by atoms with Gasteiger partial charge in [0, 0.05) is 12.1 Å². The van der Waals surface area contributed by atoms with Crippen LogP contribution in [0.1, 0.15) is 5.56 Å². The van der Waals surface area contributed by atoms with E-state index in [-0.39, 0.29) is 21.4 Å². The normalized spacial score (nSPS) is 11.1. The first-order chi connectivity index (χ1) is 9.35. The molecule has 20 heavy (non-hydrogen) atoms. The molecular weight excluding hydrogens is 323 g/mol. The van der Waals surface area contributed by atoms with E-state index in [2.05, 4.69) is 9.71 Å². The zero-order valence-corrected chi connectivity index (χ0v) is 12.5. The fraction of sp³-hybridized carbons (Fsp3) is 0.0909. The third-order valence-corrected chi connectivity index (χ3v) is 4.52. The Morgan fingerprint density at radius 1 is 1.40 bits per heavy atom. The monoisotopic (exact) mass is 330 g/mol. The van der Waals surface area contributed by atoms with Crippen molar-refractivity contribution in [1.29, 1.82) is 5.26 Å². The van der Waals surface area contributed by atoms with E-state index in [0.29, 0.717) is 5.02 Å². The summed E-state index contributed by atoms with van der Waals surface area (Å²) in [6.07, 6.45) is 1.28. The van der Waals surface area contributed by atoms with Gasteiger partial charge in [-0.3, -0.25) is 4.72 Å². The highest BCUT2D eigenvalue weighted by Gasteiger charge is 2.23. The second kappa shape index (κ2) is 5.32. The highest BCUT2D eigenvalue weighted by atomic mass is 35.5. The van der Waals surface area contributed by atoms with E-state index >= 15 is 0 Å². The molecular formula is C11H8Cl2N4O2S. The molecule has 6 nitrogen and oxygen atoms in total. The van der Waals surface area contributed by atoms with E-state index < -0.39 is 10.0 Å². The van der Waals surface area contributed by atoms with Crippen molar-refractivity contribution in [3.63, 3.8) is 0 Å². The molecule has 0 aliphatic carbocycles. The molecule has 0 unspecified atom stereocenters. The first-order valence-electron chi connectivity index (χ1n) is 5.24. The molecule has 0 spiro atoms. The van der Waals surface area contributed by atoms with Crippen molar-refractivity contribution in [2.45, 2.75) is 5.03 Å². The maximum atomic E-state index is 12.2. The van der Waals surface area contributed by atoms with Gasteiger partial charge in [-0.2, -0.15) is 13.7 Å². The van der Waals surface area contributed by atoms with Crippen LogP contribution < -0.4 is 4.72 Å². The summed E-state index contributed by atoms with van der Waals surface area (Å²) in [5, 5.41) is 8.92. The molecule has 0 fully saturated rings. The zero-order chi connectivity index (χ0) is 14.9. The smallest absolute Gasteiger partial charge is 0.282 e. The zero-order valence-electron chi connectivity index (χ0n) is 10.1. The average molecular weight is 331 g/mol. The number of nitrogens with zero attached hydrogens (tertiary/aromatic N) is 3. The number of hydrogen-bond donors (Lipinski definition) is 1. The Morgan fingerprint density at radius 3 is 2.65 bits per heavy atom. The van der Waals surface area contributed by atoms with Gasteiger partial charge in [-0.25, -0.2) is 4.98 Å². The molecule has 0 aliphatic rings. The van der Waals surface area contributed by atoms with Crippen LogP contribution in [0, 0.1) is 11.3 Å². The molecule has 2 rings (SSSR count). The number of rotatable bonds is 3. The second-order valence-electron chi connectivity index (χ2n) is 3.86. The van der Waals surface area contributed by atoms with Crippen molar-refractivity contribution < 1.29 is 8.42 Å². The molecule has 1 aromatic carbocycles. The van der Waals surface area contributed by atoms with Crippen LogP contribution in [0.25, 0.3) is 0 Å². The lowest BCUT2D eigenvalue weighted by Gasteiger charge is -2.08. The van der Waals surface area contributed by atoms with Crippen LogP contribution in [0.2, 0.25) is 10.2 Å². The van der Waals surface area contributed by atoms with Crippen molar-refractivity contribution in [2.75, 3.05) is 4.72 Å². The molecule has 0 bridgehead atoms. The van der Waals surface area contributed by atoms with Crippen molar-refractivity contribution in [3.8, 4) is 6.07 Å². The van der Waals surface area contributed by atoms with Gasteiger partial charge in [0.1, 0.15) is 11.2 Å². The highest BCUT2D eigenvalue weighted by molar-refractivity contribution is 7.92. The molecule has 1 heterocycles. The molecule has 0 saturated carbocycles. The maximum absolute atomic E-state index is 12.2. The Morgan fingerprint density at radius 2 is 2.10 bits per heavy atom. The van der Waals surface area contributed by atoms with Gasteiger partial charge in [-0.15, -0.1) is 0 Å². The summed E-state index contributed by atoms with van der Waals surface area (Å²) < 4.78 is 28.0. The van der Waals surface area contributed by atoms with Crippen LogP contribution >= 0.6 is 23.2 Å². The number of hydrogen-bond acceptors (Lipinski definition) is 4. The standard InChI is InChI=1S/C11H8Cl2N4O2S/c1-17-6-15-11(10(17)13)20(18,19)16-9-4-8(12)3-2-7(9)5-14/h2-4,6,16H,1H3. The van der Waals surface area contributed by atoms with E-state index in [4.69, 9.17) is 28.5 Å². The number of nitriles is 1. The van der Waals surface area contributed by atoms with Gasteiger partial charge in [0.05, 0.1) is 17.6 Å². The van der Waals surface area contributed by atoms with E-state index in [1.807, 2.05) is 6.07 Å². The van der Waals surface area contributed by atoms with Crippen LogP contribution in [0.5, 0.6) is 0 Å². The van der Waals surface area contributed by atoms with Gasteiger partial charge < -0.3 is 4.57 Å². The predicted octanol–water partition coefficient (Wildman–Crippen LogP) is 2.40. The van der Waals surface area contributed by atoms with Gasteiger partial charge in [-0.1, -0.05) is 23.2 Å². The van der Waals surface area contributed by atoms with Crippen LogP contribution in [0.4, 0.5) is 5.69 Å². The van der Waals surface area contributed by atoms with Crippen molar-refractivity contribution >= 4 is 38.9 Å². The molecule has 0 amide bonds. The summed E-state index contributed by atoms with van der Waals surface area (Å²) in [7, 11) is -2.43. The molecule has 104 valence electrons. The molecule has 0 radical (unpaired) electrons. The maximum Gasteiger partial charge on any atom is 0.282 e. The van der Waals surface area contributed by atoms with Gasteiger partial charge >= 0.3 is 0 Å². The van der Waals surface area contributed by atoms with Crippen molar-refractivity contribution in [2.24, 2.45) is 7.05 Å². The predicted molar refractivity (Wildman–Crippen MR) is 75.2 cm³/mol. The number of imidazole rings is 1. The largest absolute Gasteiger partial charge is 0.324 e. The number of benzene rings is 1. The SMILES string of the molecule is Cn1cnc(S(=O)(=O)Nc2cc(Cl)ccc2C#N)c1Cl. The van der Waals surface area contributed by atoms with Crippen molar-refractivity contribution in [1.82, 2.24) is 9.55 Å². The number of aromatic nitrogens is 2. The lowest BCUT2D eigenvalue weighted by Crippen LogP contribution is -2.15. The van der Waals surface area contributed by atoms with Crippen molar-refractivity contribution in [3.05, 3.63) is 40.3 Å². The number of anilines is 1. The molecule has 0 aliphatic heterocycles. The van der Waals surface area contributed by atoms with Crippen LogP contribution in [0.15, 0.2) is 29.6 Å². The average Bonchev–Trinajstić information content (AvgIpc) is 2.70. The topological polar surface area (TPSA) is 87.8 Å². The fourth-order valence-corrected chi connectivity index (χ4v) is 3.14. The minimum absolute atomic E-state index is 0.0296. The highest BCUT2D eigenvalue weighted by Crippen LogP contribution is 2.25. The molecule has 2 aromatic rings. The lowest BCUT2D eigenvalue weighted by atomic mass is 10.2. The Bertz CT molecular complexity index is 808. The number of nitrogens with one attached hydrogen (secondary N) is 1. The minimum atomic E-state index is -4.00. The molecule has 0 saturated heterocycles. The van der Waals surface area contributed by atoms with Gasteiger partial charge in [-0.05, 0) is 18.2 Å². The fourth-order valence-electron chi connectivity index (χ4n) is 1.47. The van der Waals surface area contributed by atoms with E-state index in [0.717, 1.165) is 0 Å². The third-order valence-electron chi connectivity index (χ3n) is 2.44. The molecule has 9 heteroatoms. The number of sulfonamides is 1. The lowest BCUT2D eigenvalue weighted by molar-refractivity contribution is 0.598. The Labute approximate surface area is 125 Å². The summed E-state index contributed by atoms with van der Waals surface area (Å²) in [6, 6.07) is 6.12. The summed E-state index contributed by atoms with van der Waals surface area (Å²) in [6.45, 7) is 0. The molecule has 1 N–H and O–H groups in total. The first kappa shape index (κ1) is 14.7. The van der Waals surface area contributed by atoms with Gasteiger partial charge in [0.25, 0.3) is 10.0 Å². The van der Waals surface area contributed by atoms with Crippen LogP contribution in [0.3, 0.4) is 0 Å². The summed E-state index contributed by atoms with van der Waals surface area (Å²) in [5.41, 5.74) is 0.215. The van der Waals surface area contributed by atoms with Crippen LogP contribution in [-0.2, 0) is 17.1 Å². The Balaban J connectivity index is 2.47. The summed E-state index contributed by atoms with van der Waals surface area (Å²) in [5.74, 6) is 0. The summed E-state index contributed by atoms with van der Waals surface area (Å²) in [4.78, 5) is 3.73. The van der Waals surface area contributed by atoms with E-state index in [9.17, 15) is 8.42 Å². The number of aryl methyl sites for hydroxylation is 1. The van der Waals surface area contributed by atoms with Crippen LogP contribution in [-0.4, -0.2) is 18.0 Å². The Hall–Kier alpha value is -1.75. The third kappa shape index (κ3) is 2.72. The first-order valence-corrected chi connectivity index (χ1v) is 7.48. The quantitative estimate of drug-likeness (QED) is 0.935. The van der Waals surface area contributed by atoms with E-state index in [1.54, 1.807) is 7.05 Å².